The molecule has 0 saturated heterocycles. The number of carbonyl (C=O) groups excluding carboxylic acids is 1. The van der Waals surface area contributed by atoms with E-state index in [2.05, 4.69) is 21.6 Å². The highest BCUT2D eigenvalue weighted by molar-refractivity contribution is 8.00. The van der Waals surface area contributed by atoms with Gasteiger partial charge in [-0.1, -0.05) is 59.0 Å². The first kappa shape index (κ1) is 20.7. The van der Waals surface area contributed by atoms with Crippen LogP contribution < -0.4 is 5.32 Å². The van der Waals surface area contributed by atoms with Crippen molar-refractivity contribution in [1.82, 2.24) is 10.2 Å². The molecule has 1 amide bonds. The minimum Gasteiger partial charge on any atom is -0.300 e. The first-order valence-corrected chi connectivity index (χ1v) is 11.5. The molecule has 1 heterocycles. The topological polar surface area (TPSA) is 78.7 Å². The van der Waals surface area contributed by atoms with Crippen molar-refractivity contribution < 1.29 is 4.79 Å². The first-order valence-electron chi connectivity index (χ1n) is 8.20. The fraction of sp³-hybridized carbons (Fsp3) is 0.158. The van der Waals surface area contributed by atoms with Crippen LogP contribution in [0.2, 0.25) is 5.02 Å². The second-order valence-corrected chi connectivity index (χ2v) is 9.26. The molecule has 1 N–H and O–H groups in total. The summed E-state index contributed by atoms with van der Waals surface area (Å²) < 4.78 is 0.786. The average Bonchev–Trinajstić information content (AvgIpc) is 3.15. The molecule has 9 heteroatoms. The number of thioether (sulfide) groups is 2. The number of nitrogens with zero attached hydrogens (tertiary/aromatic N) is 3. The van der Waals surface area contributed by atoms with Crippen LogP contribution in [0.25, 0.3) is 0 Å². The molecule has 0 aliphatic carbocycles. The fourth-order valence-electron chi connectivity index (χ4n) is 2.14. The summed E-state index contributed by atoms with van der Waals surface area (Å²) >= 11 is 10.3. The number of hydrogen-bond acceptors (Lipinski definition) is 7. The highest BCUT2D eigenvalue weighted by Crippen LogP contribution is 2.28. The summed E-state index contributed by atoms with van der Waals surface area (Å²) in [6.07, 6.45) is 0. The third-order valence-corrected chi connectivity index (χ3v) is 6.81. The van der Waals surface area contributed by atoms with Crippen molar-refractivity contribution in [1.29, 1.82) is 5.26 Å². The summed E-state index contributed by atoms with van der Waals surface area (Å²) in [7, 11) is 0. The van der Waals surface area contributed by atoms with Crippen LogP contribution in [0.1, 0.15) is 16.7 Å². The summed E-state index contributed by atoms with van der Waals surface area (Å²) in [6.45, 7) is 0. The fourth-order valence-corrected chi connectivity index (χ4v) is 4.77. The predicted octanol–water partition coefficient (Wildman–Crippen LogP) is 5.23. The average molecular weight is 447 g/mol. The van der Waals surface area contributed by atoms with E-state index < -0.39 is 0 Å². The van der Waals surface area contributed by atoms with Crippen molar-refractivity contribution in [2.75, 3.05) is 11.1 Å². The van der Waals surface area contributed by atoms with Gasteiger partial charge in [0.1, 0.15) is 0 Å². The zero-order valence-corrected chi connectivity index (χ0v) is 17.8. The van der Waals surface area contributed by atoms with Crippen LogP contribution in [0, 0.1) is 11.3 Å². The molecule has 0 bridgehead atoms. The van der Waals surface area contributed by atoms with Crippen LogP contribution >= 0.6 is 46.5 Å². The number of aromatic nitrogens is 2. The number of carbonyl (C=O) groups is 1. The maximum atomic E-state index is 12.1. The number of rotatable bonds is 8. The molecule has 3 rings (SSSR count). The molecule has 0 saturated carbocycles. The van der Waals surface area contributed by atoms with Crippen molar-refractivity contribution in [2.24, 2.45) is 0 Å². The predicted molar refractivity (Wildman–Crippen MR) is 117 cm³/mol. The number of nitriles is 1. The van der Waals surface area contributed by atoms with Gasteiger partial charge in [0.05, 0.1) is 17.4 Å². The van der Waals surface area contributed by atoms with E-state index in [1.54, 1.807) is 23.9 Å². The van der Waals surface area contributed by atoms with Crippen molar-refractivity contribution >= 4 is 57.5 Å². The molecule has 0 fully saturated rings. The zero-order valence-electron chi connectivity index (χ0n) is 14.6. The Bertz CT molecular complexity index is 968. The largest absolute Gasteiger partial charge is 0.300 e. The minimum atomic E-state index is -0.0984. The summed E-state index contributed by atoms with van der Waals surface area (Å²) in [6, 6.07) is 17.1. The number of anilines is 1. The Kier molecular flexibility index (Phi) is 7.74. The normalized spacial score (nSPS) is 10.4. The number of amides is 1. The molecule has 28 heavy (non-hydrogen) atoms. The lowest BCUT2D eigenvalue weighted by atomic mass is 10.2. The molecule has 0 spiro atoms. The molecule has 0 radical (unpaired) electrons. The number of benzene rings is 2. The highest BCUT2D eigenvalue weighted by atomic mass is 35.5. The Labute approximate surface area is 180 Å². The second-order valence-electron chi connectivity index (χ2n) is 5.64. The van der Waals surface area contributed by atoms with Crippen molar-refractivity contribution in [3.8, 4) is 6.07 Å². The van der Waals surface area contributed by atoms with E-state index >= 15 is 0 Å². The molecule has 3 aromatic rings. The van der Waals surface area contributed by atoms with E-state index in [-0.39, 0.29) is 5.91 Å². The van der Waals surface area contributed by atoms with Gasteiger partial charge >= 0.3 is 0 Å². The van der Waals surface area contributed by atoms with Gasteiger partial charge in [0.2, 0.25) is 11.0 Å². The summed E-state index contributed by atoms with van der Waals surface area (Å²) in [5, 5.41) is 20.9. The number of halogens is 1. The molecular formula is C19H15ClN4OS3. The van der Waals surface area contributed by atoms with Gasteiger partial charge in [0.15, 0.2) is 4.34 Å². The molecule has 2 aromatic carbocycles. The van der Waals surface area contributed by atoms with E-state index in [1.807, 2.05) is 36.4 Å². The Morgan fingerprint density at radius 3 is 2.46 bits per heavy atom. The first-order chi connectivity index (χ1) is 13.6. The van der Waals surface area contributed by atoms with Crippen LogP contribution in [0.3, 0.4) is 0 Å². The SMILES string of the molecule is N#Cc1ccc(CSc2nnc(NC(=O)CSCc3ccc(Cl)cc3)s2)cc1. The van der Waals surface area contributed by atoms with E-state index in [1.165, 1.54) is 23.1 Å². The van der Waals surface area contributed by atoms with E-state index in [4.69, 9.17) is 16.9 Å². The van der Waals surface area contributed by atoms with Crippen molar-refractivity contribution in [3.05, 3.63) is 70.2 Å². The van der Waals surface area contributed by atoms with Gasteiger partial charge in [0, 0.05) is 16.5 Å². The van der Waals surface area contributed by atoms with Gasteiger partial charge in [-0.15, -0.1) is 22.0 Å². The van der Waals surface area contributed by atoms with Crippen molar-refractivity contribution in [3.63, 3.8) is 0 Å². The third kappa shape index (κ3) is 6.53. The standard InChI is InChI=1S/C19H15ClN4OS3/c20-16-7-5-14(6-8-16)10-26-12-17(25)22-18-23-24-19(28-18)27-11-15-3-1-13(9-21)2-4-15/h1-8H,10-12H2,(H,22,23,25). The van der Waals surface area contributed by atoms with Crippen LogP contribution in [0.5, 0.6) is 0 Å². The Hall–Kier alpha value is -2.05. The lowest BCUT2D eigenvalue weighted by Gasteiger charge is -2.02. The van der Waals surface area contributed by atoms with Gasteiger partial charge in [-0.05, 0) is 35.4 Å². The summed E-state index contributed by atoms with van der Waals surface area (Å²) in [4.78, 5) is 12.1. The smallest absolute Gasteiger partial charge is 0.236 e. The van der Waals surface area contributed by atoms with Crippen molar-refractivity contribution in [2.45, 2.75) is 15.8 Å². The third-order valence-electron chi connectivity index (χ3n) is 3.51. The van der Waals surface area contributed by atoms with Gasteiger partial charge in [0.25, 0.3) is 0 Å². The van der Waals surface area contributed by atoms with Crippen LogP contribution in [-0.4, -0.2) is 21.9 Å². The monoisotopic (exact) mass is 446 g/mol. The van der Waals surface area contributed by atoms with Gasteiger partial charge in [-0.2, -0.15) is 5.26 Å². The van der Waals surface area contributed by atoms with Crippen LogP contribution in [0.15, 0.2) is 52.9 Å². The molecule has 142 valence electrons. The van der Waals surface area contributed by atoms with Crippen LogP contribution in [0.4, 0.5) is 5.13 Å². The lowest BCUT2D eigenvalue weighted by Crippen LogP contribution is -2.13. The zero-order chi connectivity index (χ0) is 19.8. The van der Waals surface area contributed by atoms with Gasteiger partial charge < -0.3 is 0 Å². The molecule has 0 atom stereocenters. The van der Waals surface area contributed by atoms with Crippen LogP contribution in [-0.2, 0) is 16.3 Å². The molecule has 5 nitrogen and oxygen atoms in total. The quantitative estimate of drug-likeness (QED) is 0.377. The maximum absolute atomic E-state index is 12.1. The maximum Gasteiger partial charge on any atom is 0.236 e. The highest BCUT2D eigenvalue weighted by Gasteiger charge is 2.09. The molecule has 0 aliphatic heterocycles. The minimum absolute atomic E-state index is 0.0984. The van der Waals surface area contributed by atoms with E-state index in [0.717, 1.165) is 27.0 Å². The molecule has 0 aliphatic rings. The number of nitrogens with one attached hydrogen (secondary N) is 1. The Balaban J connectivity index is 1.41. The Morgan fingerprint density at radius 1 is 1.07 bits per heavy atom. The second kappa shape index (κ2) is 10.5. The van der Waals surface area contributed by atoms with Gasteiger partial charge in [-0.25, -0.2) is 0 Å². The summed E-state index contributed by atoms with van der Waals surface area (Å²) in [5.41, 5.74) is 2.87. The van der Waals surface area contributed by atoms with E-state index in [9.17, 15) is 4.79 Å². The Morgan fingerprint density at radius 2 is 1.75 bits per heavy atom. The summed E-state index contributed by atoms with van der Waals surface area (Å²) in [5.74, 6) is 1.71. The van der Waals surface area contributed by atoms with E-state index in [0.29, 0.717) is 21.5 Å². The van der Waals surface area contributed by atoms with Gasteiger partial charge in [-0.3, -0.25) is 10.1 Å². The lowest BCUT2D eigenvalue weighted by molar-refractivity contribution is -0.113. The molecule has 1 aromatic heterocycles. The molecular weight excluding hydrogens is 432 g/mol. The number of hydrogen-bond donors (Lipinski definition) is 1. The molecule has 0 unspecified atom stereocenters.